The summed E-state index contributed by atoms with van der Waals surface area (Å²) in [5, 5.41) is 0. The normalized spacial score (nSPS) is 21.1. The van der Waals surface area contributed by atoms with E-state index in [1.54, 1.807) is 6.92 Å². The number of rotatable bonds is 4. The van der Waals surface area contributed by atoms with Gasteiger partial charge in [-0.3, -0.25) is 9.59 Å². The van der Waals surface area contributed by atoms with Gasteiger partial charge in [0.2, 0.25) is 5.91 Å². The first kappa shape index (κ1) is 18.7. The van der Waals surface area contributed by atoms with Gasteiger partial charge in [-0.05, 0) is 39.5 Å². The molecule has 4 heteroatoms. The van der Waals surface area contributed by atoms with Crippen molar-refractivity contribution in [1.82, 2.24) is 4.90 Å². The Morgan fingerprint density at radius 2 is 1.91 bits per heavy atom. The second-order valence-corrected chi connectivity index (χ2v) is 6.04. The van der Waals surface area contributed by atoms with Crippen LogP contribution in [0.3, 0.4) is 0 Å². The number of ether oxygens (including phenoxy) is 1. The second-order valence-electron chi connectivity index (χ2n) is 6.04. The van der Waals surface area contributed by atoms with Crippen LogP contribution in [0, 0.1) is 0 Å². The van der Waals surface area contributed by atoms with E-state index >= 15 is 0 Å². The molecule has 0 N–H and O–H groups in total. The Balaban J connectivity index is 2.56. The van der Waals surface area contributed by atoms with Crippen LogP contribution < -0.4 is 0 Å². The number of allylic oxidation sites excluding steroid dienone is 1. The van der Waals surface area contributed by atoms with Crippen molar-refractivity contribution in [2.45, 2.75) is 71.6 Å². The molecule has 0 atom stereocenters. The zero-order valence-electron chi connectivity index (χ0n) is 14.2. The van der Waals surface area contributed by atoms with Gasteiger partial charge >= 0.3 is 5.97 Å². The summed E-state index contributed by atoms with van der Waals surface area (Å²) in [6.07, 6.45) is 11.0. The summed E-state index contributed by atoms with van der Waals surface area (Å²) in [5.41, 5.74) is 1.34. The van der Waals surface area contributed by atoms with E-state index in [1.807, 2.05) is 4.90 Å². The molecule has 0 fully saturated rings. The quantitative estimate of drug-likeness (QED) is 0.585. The Morgan fingerprint density at radius 1 is 1.18 bits per heavy atom. The van der Waals surface area contributed by atoms with E-state index in [9.17, 15) is 9.59 Å². The van der Waals surface area contributed by atoms with Gasteiger partial charge in [0.1, 0.15) is 0 Å². The molecule has 0 aliphatic carbocycles. The molecule has 1 aliphatic heterocycles. The van der Waals surface area contributed by atoms with Crippen molar-refractivity contribution < 1.29 is 14.3 Å². The van der Waals surface area contributed by atoms with Crippen molar-refractivity contribution in [2.75, 3.05) is 19.7 Å². The highest BCUT2D eigenvalue weighted by Gasteiger charge is 2.15. The van der Waals surface area contributed by atoms with Gasteiger partial charge in [0, 0.05) is 19.5 Å². The highest BCUT2D eigenvalue weighted by Crippen LogP contribution is 2.13. The Morgan fingerprint density at radius 3 is 2.68 bits per heavy atom. The molecule has 0 bridgehead atoms. The summed E-state index contributed by atoms with van der Waals surface area (Å²) in [4.78, 5) is 25.7. The highest BCUT2D eigenvalue weighted by atomic mass is 16.5. The van der Waals surface area contributed by atoms with E-state index < -0.39 is 0 Å². The maximum Gasteiger partial charge on any atom is 0.307 e. The highest BCUT2D eigenvalue weighted by molar-refractivity contribution is 5.77. The lowest BCUT2D eigenvalue weighted by Gasteiger charge is -2.22. The summed E-state index contributed by atoms with van der Waals surface area (Å²) >= 11 is 0. The van der Waals surface area contributed by atoms with Crippen LogP contribution in [0.2, 0.25) is 0 Å². The van der Waals surface area contributed by atoms with Crippen LogP contribution in [0.25, 0.3) is 0 Å². The molecule has 0 saturated heterocycles. The molecule has 0 unspecified atom stereocenters. The third-order valence-electron chi connectivity index (χ3n) is 4.11. The molecule has 4 nitrogen and oxygen atoms in total. The van der Waals surface area contributed by atoms with Gasteiger partial charge in [-0.1, -0.05) is 30.9 Å². The van der Waals surface area contributed by atoms with Gasteiger partial charge < -0.3 is 9.64 Å². The molecule has 1 heterocycles. The molecular weight excluding hydrogens is 278 g/mol. The van der Waals surface area contributed by atoms with Gasteiger partial charge in [-0.15, -0.1) is 0 Å². The second kappa shape index (κ2) is 11.3. The first-order chi connectivity index (χ1) is 10.6. The molecule has 22 heavy (non-hydrogen) atoms. The fourth-order valence-electron chi connectivity index (χ4n) is 2.69. The monoisotopic (exact) mass is 309 g/mol. The van der Waals surface area contributed by atoms with Crippen LogP contribution in [-0.2, 0) is 14.3 Å². The number of nitrogens with zero attached hydrogens (tertiary/aromatic N) is 1. The minimum absolute atomic E-state index is 0.177. The summed E-state index contributed by atoms with van der Waals surface area (Å²) in [6.45, 7) is 5.52. The molecule has 0 saturated carbocycles. The molecule has 1 aliphatic rings. The zero-order valence-corrected chi connectivity index (χ0v) is 14.2. The fourth-order valence-corrected chi connectivity index (χ4v) is 2.69. The summed E-state index contributed by atoms with van der Waals surface area (Å²) in [6, 6.07) is 0. The average Bonchev–Trinajstić information content (AvgIpc) is 2.50. The van der Waals surface area contributed by atoms with Crippen molar-refractivity contribution in [3.05, 3.63) is 11.6 Å². The number of esters is 1. The van der Waals surface area contributed by atoms with Crippen LogP contribution in [0.4, 0.5) is 0 Å². The topological polar surface area (TPSA) is 46.6 Å². The number of carbonyl (C=O) groups excluding carboxylic acids is 2. The smallest absolute Gasteiger partial charge is 0.307 e. The van der Waals surface area contributed by atoms with Gasteiger partial charge in [0.05, 0.1) is 13.0 Å². The lowest BCUT2D eigenvalue weighted by atomic mass is 10.1. The molecule has 0 aromatic carbocycles. The molecule has 0 aromatic rings. The van der Waals surface area contributed by atoms with Crippen molar-refractivity contribution in [2.24, 2.45) is 0 Å². The molecule has 1 rings (SSSR count). The van der Waals surface area contributed by atoms with E-state index in [0.717, 1.165) is 25.7 Å². The molecule has 0 radical (unpaired) electrons. The first-order valence-electron chi connectivity index (χ1n) is 8.72. The number of hydrogen-bond donors (Lipinski definition) is 0. The van der Waals surface area contributed by atoms with Gasteiger partial charge in [-0.2, -0.15) is 0 Å². The maximum atomic E-state index is 12.3. The predicted molar refractivity (Wildman–Crippen MR) is 88.5 cm³/mol. The predicted octanol–water partition coefficient (Wildman–Crippen LogP) is 3.85. The van der Waals surface area contributed by atoms with Crippen molar-refractivity contribution in [1.29, 1.82) is 0 Å². The lowest BCUT2D eigenvalue weighted by molar-refractivity contribution is -0.144. The molecular formula is C18H31NO3. The Bertz CT molecular complexity index is 377. The van der Waals surface area contributed by atoms with Crippen molar-refractivity contribution >= 4 is 11.9 Å². The van der Waals surface area contributed by atoms with Crippen LogP contribution >= 0.6 is 0 Å². The van der Waals surface area contributed by atoms with Crippen LogP contribution in [-0.4, -0.2) is 36.5 Å². The van der Waals surface area contributed by atoms with Crippen LogP contribution in [0.5, 0.6) is 0 Å². The van der Waals surface area contributed by atoms with Gasteiger partial charge in [-0.25, -0.2) is 0 Å². The third kappa shape index (κ3) is 8.20. The van der Waals surface area contributed by atoms with Gasteiger partial charge in [0.25, 0.3) is 0 Å². The minimum Gasteiger partial charge on any atom is -0.466 e. The Kier molecular flexibility index (Phi) is 9.60. The van der Waals surface area contributed by atoms with Crippen molar-refractivity contribution in [3.8, 4) is 0 Å². The molecule has 0 aromatic heterocycles. The Labute approximate surface area is 134 Å². The SMILES string of the molecule is CCOC(=O)CCN1CC/C(C)=C\CCCCCCCC1=O. The lowest BCUT2D eigenvalue weighted by Crippen LogP contribution is -2.34. The van der Waals surface area contributed by atoms with E-state index in [4.69, 9.17) is 4.74 Å². The van der Waals surface area contributed by atoms with E-state index in [2.05, 4.69) is 13.0 Å². The minimum atomic E-state index is -0.217. The van der Waals surface area contributed by atoms with Crippen molar-refractivity contribution in [3.63, 3.8) is 0 Å². The average molecular weight is 309 g/mol. The van der Waals surface area contributed by atoms with E-state index in [1.165, 1.54) is 24.8 Å². The van der Waals surface area contributed by atoms with E-state index in [-0.39, 0.29) is 11.9 Å². The molecule has 0 spiro atoms. The van der Waals surface area contributed by atoms with Crippen LogP contribution in [0.1, 0.15) is 71.6 Å². The third-order valence-corrected chi connectivity index (χ3v) is 4.11. The fraction of sp³-hybridized carbons (Fsp3) is 0.778. The van der Waals surface area contributed by atoms with E-state index in [0.29, 0.717) is 32.5 Å². The summed E-state index contributed by atoms with van der Waals surface area (Å²) in [5.74, 6) is -0.0400. The first-order valence-corrected chi connectivity index (χ1v) is 8.72. The standard InChI is InChI=1S/C18H31NO3/c1-3-22-18(21)13-15-19-14-12-16(2)10-8-6-4-5-7-9-11-17(19)20/h10H,3-9,11-15H2,1-2H3/b16-10-. The summed E-state index contributed by atoms with van der Waals surface area (Å²) in [7, 11) is 0. The Hall–Kier alpha value is -1.32. The number of hydrogen-bond acceptors (Lipinski definition) is 3. The maximum absolute atomic E-state index is 12.3. The molecule has 1 amide bonds. The molecule has 126 valence electrons. The largest absolute Gasteiger partial charge is 0.466 e. The van der Waals surface area contributed by atoms with Crippen LogP contribution in [0.15, 0.2) is 11.6 Å². The zero-order chi connectivity index (χ0) is 16.2. The summed E-state index contributed by atoms with van der Waals surface area (Å²) < 4.78 is 4.95. The number of amides is 1. The van der Waals surface area contributed by atoms with Gasteiger partial charge in [0.15, 0.2) is 0 Å². The number of carbonyl (C=O) groups is 2.